The van der Waals surface area contributed by atoms with Crippen molar-refractivity contribution in [1.82, 2.24) is 25.1 Å². The van der Waals surface area contributed by atoms with Crippen molar-refractivity contribution in [2.24, 2.45) is 5.92 Å². The first-order valence-corrected chi connectivity index (χ1v) is 9.05. The molecule has 8 heteroatoms. The van der Waals surface area contributed by atoms with Crippen LogP contribution in [0.4, 0.5) is 5.95 Å². The van der Waals surface area contributed by atoms with E-state index in [-0.39, 0.29) is 23.8 Å². The van der Waals surface area contributed by atoms with Gasteiger partial charge in [-0.3, -0.25) is 14.5 Å². The van der Waals surface area contributed by atoms with Crippen molar-refractivity contribution in [2.45, 2.75) is 18.9 Å². The Kier molecular flexibility index (Phi) is 4.52. The fraction of sp³-hybridized carbons (Fsp3) is 0.647. The molecule has 1 aromatic heterocycles. The lowest BCUT2D eigenvalue weighted by Gasteiger charge is -2.44. The highest BCUT2D eigenvalue weighted by molar-refractivity contribution is 5.85. The van der Waals surface area contributed by atoms with Gasteiger partial charge >= 0.3 is 0 Å². The molecule has 4 heterocycles. The molecule has 1 unspecified atom stereocenters. The number of carbonyl (C=O) groups is 2. The monoisotopic (exact) mass is 344 g/mol. The maximum Gasteiger partial charge on any atom is 0.239 e. The van der Waals surface area contributed by atoms with Crippen LogP contribution in [0.2, 0.25) is 0 Å². The van der Waals surface area contributed by atoms with E-state index in [1.54, 1.807) is 18.5 Å². The number of rotatable bonds is 2. The van der Waals surface area contributed by atoms with E-state index in [0.29, 0.717) is 13.1 Å². The first-order chi connectivity index (χ1) is 12.2. The van der Waals surface area contributed by atoms with Gasteiger partial charge in [0.15, 0.2) is 0 Å². The maximum atomic E-state index is 12.9. The average molecular weight is 344 g/mol. The molecule has 134 valence electrons. The number of hydrogen-bond acceptors (Lipinski definition) is 6. The molecular weight excluding hydrogens is 320 g/mol. The minimum Gasteiger partial charge on any atom is -0.353 e. The molecule has 0 saturated carbocycles. The van der Waals surface area contributed by atoms with Crippen LogP contribution in [0, 0.1) is 5.92 Å². The quantitative estimate of drug-likeness (QED) is 0.767. The number of nitrogens with one attached hydrogen (secondary N) is 1. The van der Waals surface area contributed by atoms with Crippen molar-refractivity contribution in [3.05, 3.63) is 18.5 Å². The Morgan fingerprint density at radius 1 is 1.08 bits per heavy atom. The molecule has 3 saturated heterocycles. The van der Waals surface area contributed by atoms with Crippen molar-refractivity contribution >= 4 is 17.8 Å². The second-order valence-corrected chi connectivity index (χ2v) is 6.94. The molecule has 0 spiro atoms. The summed E-state index contributed by atoms with van der Waals surface area (Å²) in [5, 5.41) is 2.91. The van der Waals surface area contributed by atoms with Gasteiger partial charge in [-0.1, -0.05) is 0 Å². The molecular formula is C17H24N6O2. The van der Waals surface area contributed by atoms with E-state index < -0.39 is 0 Å². The first kappa shape index (κ1) is 16.3. The molecule has 1 N–H and O–H groups in total. The summed E-state index contributed by atoms with van der Waals surface area (Å²) in [6.45, 7) is 5.23. The van der Waals surface area contributed by atoms with Crippen molar-refractivity contribution in [1.29, 1.82) is 0 Å². The van der Waals surface area contributed by atoms with Crippen LogP contribution in [0.5, 0.6) is 0 Å². The normalized spacial score (nSPS) is 25.4. The van der Waals surface area contributed by atoms with E-state index in [0.717, 1.165) is 51.5 Å². The van der Waals surface area contributed by atoms with Crippen LogP contribution in [0.3, 0.4) is 0 Å². The second-order valence-electron chi connectivity index (χ2n) is 6.94. The summed E-state index contributed by atoms with van der Waals surface area (Å²) in [7, 11) is 0. The van der Waals surface area contributed by atoms with E-state index in [2.05, 4.69) is 25.1 Å². The summed E-state index contributed by atoms with van der Waals surface area (Å²) in [6, 6.07) is 1.63. The van der Waals surface area contributed by atoms with E-state index in [1.807, 2.05) is 4.90 Å². The summed E-state index contributed by atoms with van der Waals surface area (Å²) in [5.74, 6) is 1.03. The largest absolute Gasteiger partial charge is 0.353 e. The Bertz CT molecular complexity index is 631. The Morgan fingerprint density at radius 2 is 1.84 bits per heavy atom. The minimum atomic E-state index is -0.177. The summed E-state index contributed by atoms with van der Waals surface area (Å²) < 4.78 is 0. The molecule has 8 nitrogen and oxygen atoms in total. The highest BCUT2D eigenvalue weighted by atomic mass is 16.2. The van der Waals surface area contributed by atoms with Gasteiger partial charge in [-0.25, -0.2) is 9.97 Å². The van der Waals surface area contributed by atoms with Crippen LogP contribution < -0.4 is 10.2 Å². The van der Waals surface area contributed by atoms with Gasteiger partial charge in [-0.05, 0) is 18.9 Å². The molecule has 25 heavy (non-hydrogen) atoms. The molecule has 0 radical (unpaired) electrons. The number of anilines is 1. The number of fused-ring (bicyclic) bond motifs is 1. The number of piperidine rings is 1. The molecule has 0 bridgehead atoms. The molecule has 0 aromatic carbocycles. The van der Waals surface area contributed by atoms with Gasteiger partial charge < -0.3 is 15.1 Å². The SMILES string of the molecule is O=C1NCCN2CCN(C(=O)C3CCN(c4ncccn4)CC3)CC12. The molecule has 1 aromatic rings. The van der Waals surface area contributed by atoms with Crippen LogP contribution in [-0.2, 0) is 9.59 Å². The number of hydrogen-bond donors (Lipinski definition) is 1. The van der Waals surface area contributed by atoms with Crippen LogP contribution in [0.15, 0.2) is 18.5 Å². The fourth-order valence-electron chi connectivity index (χ4n) is 4.02. The van der Waals surface area contributed by atoms with Crippen LogP contribution in [-0.4, -0.2) is 83.4 Å². The smallest absolute Gasteiger partial charge is 0.239 e. The first-order valence-electron chi connectivity index (χ1n) is 9.05. The van der Waals surface area contributed by atoms with Crippen molar-refractivity contribution in [3.63, 3.8) is 0 Å². The maximum absolute atomic E-state index is 12.9. The van der Waals surface area contributed by atoms with Crippen LogP contribution in [0.1, 0.15) is 12.8 Å². The topological polar surface area (TPSA) is 81.7 Å². The molecule has 3 fully saturated rings. The summed E-state index contributed by atoms with van der Waals surface area (Å²) in [6.07, 6.45) is 5.12. The zero-order valence-corrected chi connectivity index (χ0v) is 14.3. The van der Waals surface area contributed by atoms with E-state index >= 15 is 0 Å². The third-order valence-electron chi connectivity index (χ3n) is 5.48. The summed E-state index contributed by atoms with van der Waals surface area (Å²) >= 11 is 0. The Morgan fingerprint density at radius 3 is 2.60 bits per heavy atom. The second kappa shape index (κ2) is 6.95. The molecule has 3 aliphatic rings. The Labute approximate surface area is 147 Å². The average Bonchev–Trinajstić information content (AvgIpc) is 2.68. The van der Waals surface area contributed by atoms with E-state index in [1.165, 1.54) is 0 Å². The lowest BCUT2D eigenvalue weighted by Crippen LogP contribution is -2.65. The molecule has 4 rings (SSSR count). The lowest BCUT2D eigenvalue weighted by molar-refractivity contribution is -0.143. The van der Waals surface area contributed by atoms with Gasteiger partial charge in [-0.2, -0.15) is 0 Å². The molecule has 1 atom stereocenters. The summed E-state index contributed by atoms with van der Waals surface area (Å²) in [4.78, 5) is 39.8. The number of nitrogens with zero attached hydrogens (tertiary/aromatic N) is 5. The molecule has 3 aliphatic heterocycles. The number of piperazine rings is 2. The third-order valence-corrected chi connectivity index (χ3v) is 5.48. The predicted octanol–water partition coefficient (Wildman–Crippen LogP) is -0.664. The minimum absolute atomic E-state index is 0.0400. The van der Waals surface area contributed by atoms with Gasteiger partial charge in [0.1, 0.15) is 6.04 Å². The molecule has 0 aliphatic carbocycles. The summed E-state index contributed by atoms with van der Waals surface area (Å²) in [5.41, 5.74) is 0. The number of carbonyl (C=O) groups excluding carboxylic acids is 2. The van der Waals surface area contributed by atoms with Gasteiger partial charge in [0.05, 0.1) is 0 Å². The van der Waals surface area contributed by atoms with Gasteiger partial charge in [0.25, 0.3) is 0 Å². The Balaban J connectivity index is 1.34. The molecule has 2 amide bonds. The fourth-order valence-corrected chi connectivity index (χ4v) is 4.02. The van der Waals surface area contributed by atoms with E-state index in [4.69, 9.17) is 0 Å². The van der Waals surface area contributed by atoms with Crippen LogP contribution in [0.25, 0.3) is 0 Å². The van der Waals surface area contributed by atoms with Crippen molar-refractivity contribution < 1.29 is 9.59 Å². The van der Waals surface area contributed by atoms with Crippen molar-refractivity contribution in [3.8, 4) is 0 Å². The van der Waals surface area contributed by atoms with Gasteiger partial charge in [0, 0.05) is 64.1 Å². The highest BCUT2D eigenvalue weighted by Crippen LogP contribution is 2.24. The van der Waals surface area contributed by atoms with E-state index in [9.17, 15) is 9.59 Å². The lowest BCUT2D eigenvalue weighted by atomic mass is 9.94. The zero-order valence-electron chi connectivity index (χ0n) is 14.3. The Hall–Kier alpha value is -2.22. The van der Waals surface area contributed by atoms with Gasteiger partial charge in [0.2, 0.25) is 17.8 Å². The predicted molar refractivity (Wildman–Crippen MR) is 91.9 cm³/mol. The zero-order chi connectivity index (χ0) is 17.2. The highest BCUT2D eigenvalue weighted by Gasteiger charge is 2.38. The third kappa shape index (κ3) is 3.30. The number of amides is 2. The standard InChI is InChI=1S/C17H24N6O2/c24-15-14-12-23(11-10-21(14)9-6-18-15)16(25)13-2-7-22(8-3-13)17-19-4-1-5-20-17/h1,4-5,13-14H,2-3,6-12H2,(H,18,24). The van der Waals surface area contributed by atoms with Crippen molar-refractivity contribution in [2.75, 3.05) is 50.7 Å². The number of aromatic nitrogens is 2. The van der Waals surface area contributed by atoms with Gasteiger partial charge in [-0.15, -0.1) is 0 Å². The van der Waals surface area contributed by atoms with Crippen LogP contribution >= 0.6 is 0 Å².